The molecule has 0 spiro atoms. The summed E-state index contributed by atoms with van der Waals surface area (Å²) in [6, 6.07) is 19.2. The third-order valence-corrected chi connectivity index (χ3v) is 8.04. The lowest BCUT2D eigenvalue weighted by Gasteiger charge is -2.37. The maximum Gasteiger partial charge on any atom is 0.319 e. The summed E-state index contributed by atoms with van der Waals surface area (Å²) in [6.45, 7) is 4.10. The van der Waals surface area contributed by atoms with Crippen LogP contribution in [0.4, 0.5) is 18.9 Å². The zero-order valence-corrected chi connectivity index (χ0v) is 21.3. The van der Waals surface area contributed by atoms with E-state index in [-0.39, 0.29) is 17.6 Å². The molecule has 4 aromatic rings. The van der Waals surface area contributed by atoms with E-state index in [1.807, 2.05) is 48.7 Å². The van der Waals surface area contributed by atoms with Crippen LogP contribution < -0.4 is 4.90 Å². The van der Waals surface area contributed by atoms with Crippen LogP contribution in [0.5, 0.6) is 0 Å². The molecule has 0 saturated carbocycles. The molecular formula is C30H27F3N2OS. The van der Waals surface area contributed by atoms with Crippen LogP contribution in [0.3, 0.4) is 0 Å². The number of halogens is 3. The zero-order chi connectivity index (χ0) is 26.1. The zero-order valence-electron chi connectivity index (χ0n) is 20.5. The molecule has 2 heterocycles. The van der Waals surface area contributed by atoms with Gasteiger partial charge in [0.2, 0.25) is 0 Å². The van der Waals surface area contributed by atoms with Crippen LogP contribution >= 0.6 is 11.3 Å². The number of amides is 1. The molecule has 0 bridgehead atoms. The van der Waals surface area contributed by atoms with E-state index in [4.69, 9.17) is 0 Å². The van der Waals surface area contributed by atoms with Crippen LogP contribution in [0.15, 0.2) is 84.4 Å². The topological polar surface area (TPSA) is 23.6 Å². The Morgan fingerprint density at radius 3 is 2.51 bits per heavy atom. The number of carbonyl (C=O) groups is 1. The van der Waals surface area contributed by atoms with E-state index in [2.05, 4.69) is 6.58 Å². The summed E-state index contributed by atoms with van der Waals surface area (Å²) < 4.78 is 42.7. The predicted molar refractivity (Wildman–Crippen MR) is 145 cm³/mol. The second kappa shape index (κ2) is 10.4. The molecule has 1 aliphatic rings. The standard InChI is InChI=1S/C30H27F3N2OS/c1-19-6-3-4-9-27(19)35(30(32)33)20(2)21-12-14-34(15-13-21)29(36)23-10-11-25-26(18-37-28(25)17-23)22-7-5-8-24(31)16-22/h3-11,16-18,21,30H,2,12-15H2,1H3. The smallest absolute Gasteiger partial charge is 0.319 e. The molecule has 5 rings (SSSR count). The number of anilines is 1. The summed E-state index contributed by atoms with van der Waals surface area (Å²) in [5.74, 6) is -0.493. The number of aryl methyl sites for hydroxylation is 1. The largest absolute Gasteiger partial charge is 0.339 e. The number of benzene rings is 3. The fourth-order valence-corrected chi connectivity index (χ4v) is 6.06. The van der Waals surface area contributed by atoms with Crippen molar-refractivity contribution in [2.24, 2.45) is 5.92 Å². The summed E-state index contributed by atoms with van der Waals surface area (Å²) >= 11 is 1.52. The molecule has 37 heavy (non-hydrogen) atoms. The number of allylic oxidation sites excluding steroid dienone is 1. The lowest BCUT2D eigenvalue weighted by Crippen LogP contribution is -2.41. The molecule has 0 N–H and O–H groups in total. The summed E-state index contributed by atoms with van der Waals surface area (Å²) in [6.07, 6.45) is 1.15. The number of rotatable bonds is 6. The molecule has 1 fully saturated rings. The van der Waals surface area contributed by atoms with Crippen molar-refractivity contribution in [3.63, 3.8) is 0 Å². The first-order valence-electron chi connectivity index (χ1n) is 12.2. The Morgan fingerprint density at radius 2 is 1.81 bits per heavy atom. The average Bonchev–Trinajstić information content (AvgIpc) is 3.33. The van der Waals surface area contributed by atoms with Gasteiger partial charge in [-0.3, -0.25) is 9.69 Å². The van der Waals surface area contributed by atoms with Crippen LogP contribution in [-0.4, -0.2) is 30.4 Å². The van der Waals surface area contributed by atoms with E-state index < -0.39 is 6.55 Å². The molecule has 1 amide bonds. The Bertz CT molecular complexity index is 1460. The van der Waals surface area contributed by atoms with Crippen LogP contribution in [0.1, 0.15) is 28.8 Å². The van der Waals surface area contributed by atoms with Gasteiger partial charge in [0, 0.05) is 51.6 Å². The number of carbonyl (C=O) groups excluding carboxylic acids is 1. The molecular weight excluding hydrogens is 493 g/mol. The van der Waals surface area contributed by atoms with Gasteiger partial charge in [-0.1, -0.05) is 43.0 Å². The Labute approximate surface area is 218 Å². The number of para-hydroxylation sites is 1. The van der Waals surface area contributed by atoms with Crippen LogP contribution in [0.2, 0.25) is 0 Å². The highest BCUT2D eigenvalue weighted by molar-refractivity contribution is 7.17. The number of hydrogen-bond donors (Lipinski definition) is 0. The van der Waals surface area contributed by atoms with Gasteiger partial charge in [0.05, 0.1) is 0 Å². The Balaban J connectivity index is 1.28. The Kier molecular flexibility index (Phi) is 7.07. The first kappa shape index (κ1) is 25.1. The van der Waals surface area contributed by atoms with Crippen molar-refractivity contribution >= 4 is 33.0 Å². The highest BCUT2D eigenvalue weighted by Gasteiger charge is 2.31. The van der Waals surface area contributed by atoms with Gasteiger partial charge in [-0.25, -0.2) is 4.39 Å². The normalized spacial score (nSPS) is 14.4. The van der Waals surface area contributed by atoms with Crippen LogP contribution in [-0.2, 0) is 0 Å². The first-order valence-corrected chi connectivity index (χ1v) is 13.1. The first-order chi connectivity index (χ1) is 17.8. The van der Waals surface area contributed by atoms with Gasteiger partial charge in [-0.2, -0.15) is 8.78 Å². The summed E-state index contributed by atoms with van der Waals surface area (Å²) in [5, 5.41) is 2.96. The minimum Gasteiger partial charge on any atom is -0.339 e. The number of piperidine rings is 1. The molecule has 3 nitrogen and oxygen atoms in total. The minimum atomic E-state index is -2.69. The fourth-order valence-electron chi connectivity index (χ4n) is 5.05. The van der Waals surface area contributed by atoms with E-state index in [0.717, 1.165) is 31.7 Å². The Hall–Kier alpha value is -3.58. The monoisotopic (exact) mass is 520 g/mol. The van der Waals surface area contributed by atoms with Gasteiger partial charge in [0.25, 0.3) is 5.91 Å². The number of thiophene rings is 1. The second-order valence-electron chi connectivity index (χ2n) is 9.36. The SMILES string of the molecule is C=C(C1CCN(C(=O)c2ccc3c(-c4cccc(F)c4)csc3c2)CC1)N(c1ccccc1C)C(F)F. The lowest BCUT2D eigenvalue weighted by atomic mass is 9.92. The molecule has 1 saturated heterocycles. The van der Waals surface area contributed by atoms with E-state index in [1.54, 1.807) is 23.1 Å². The molecule has 190 valence electrons. The van der Waals surface area contributed by atoms with Crippen molar-refractivity contribution in [3.05, 3.63) is 101 Å². The number of nitrogens with zero attached hydrogens (tertiary/aromatic N) is 2. The van der Waals surface area contributed by atoms with Crippen LogP contribution in [0, 0.1) is 18.7 Å². The second-order valence-corrected chi connectivity index (χ2v) is 10.3. The lowest BCUT2D eigenvalue weighted by molar-refractivity contribution is 0.0695. The van der Waals surface area contributed by atoms with Gasteiger partial charge in [-0.15, -0.1) is 11.3 Å². The Morgan fingerprint density at radius 1 is 1.05 bits per heavy atom. The molecule has 0 aliphatic carbocycles. The molecule has 1 aliphatic heterocycles. The van der Waals surface area contributed by atoms with Gasteiger partial charge < -0.3 is 4.90 Å². The number of likely N-dealkylation sites (tertiary alicyclic amines) is 1. The quantitative estimate of drug-likeness (QED) is 0.240. The maximum absolute atomic E-state index is 14.0. The van der Waals surface area contributed by atoms with Crippen molar-refractivity contribution in [1.29, 1.82) is 0 Å². The number of alkyl halides is 2. The van der Waals surface area contributed by atoms with Gasteiger partial charge in [0.15, 0.2) is 0 Å². The molecule has 0 radical (unpaired) electrons. The van der Waals surface area contributed by atoms with Crippen LogP contribution in [0.25, 0.3) is 21.2 Å². The fraction of sp³-hybridized carbons (Fsp3) is 0.233. The highest BCUT2D eigenvalue weighted by Crippen LogP contribution is 2.36. The highest BCUT2D eigenvalue weighted by atomic mass is 32.1. The molecule has 0 unspecified atom stereocenters. The number of hydrogen-bond acceptors (Lipinski definition) is 3. The van der Waals surface area contributed by atoms with Gasteiger partial charge in [-0.05, 0) is 66.6 Å². The number of fused-ring (bicyclic) bond motifs is 1. The summed E-state index contributed by atoms with van der Waals surface area (Å²) in [7, 11) is 0. The molecule has 7 heteroatoms. The van der Waals surface area contributed by atoms with Crippen molar-refractivity contribution in [2.75, 3.05) is 18.0 Å². The maximum atomic E-state index is 14.0. The third-order valence-electron chi connectivity index (χ3n) is 7.09. The van der Waals surface area contributed by atoms with E-state index in [0.29, 0.717) is 42.9 Å². The van der Waals surface area contributed by atoms with Crippen molar-refractivity contribution < 1.29 is 18.0 Å². The summed E-state index contributed by atoms with van der Waals surface area (Å²) in [4.78, 5) is 16.1. The third kappa shape index (κ3) is 5.01. The molecule has 3 aromatic carbocycles. The van der Waals surface area contributed by atoms with Gasteiger partial charge in [0.1, 0.15) is 5.82 Å². The molecule has 1 aromatic heterocycles. The average molecular weight is 521 g/mol. The van der Waals surface area contributed by atoms with E-state index in [9.17, 15) is 18.0 Å². The van der Waals surface area contributed by atoms with Crippen molar-refractivity contribution in [3.8, 4) is 11.1 Å². The summed E-state index contributed by atoms with van der Waals surface area (Å²) in [5.41, 5.74) is 3.95. The minimum absolute atomic E-state index is 0.0729. The van der Waals surface area contributed by atoms with Crippen molar-refractivity contribution in [2.45, 2.75) is 26.3 Å². The molecule has 0 atom stereocenters. The van der Waals surface area contributed by atoms with E-state index >= 15 is 0 Å². The van der Waals surface area contributed by atoms with Gasteiger partial charge >= 0.3 is 6.55 Å². The predicted octanol–water partition coefficient (Wildman–Crippen LogP) is 8.11. The van der Waals surface area contributed by atoms with Crippen molar-refractivity contribution in [1.82, 2.24) is 4.90 Å². The van der Waals surface area contributed by atoms with E-state index in [1.165, 1.54) is 23.5 Å².